The summed E-state index contributed by atoms with van der Waals surface area (Å²) in [7, 11) is 0. The maximum absolute atomic E-state index is 13.0. The molecule has 2 heterocycles. The van der Waals surface area contributed by atoms with E-state index in [0.29, 0.717) is 10.8 Å². The summed E-state index contributed by atoms with van der Waals surface area (Å²) >= 11 is 7.14. The van der Waals surface area contributed by atoms with Gasteiger partial charge in [-0.3, -0.25) is 9.20 Å². The Bertz CT molecular complexity index is 1310. The van der Waals surface area contributed by atoms with Crippen LogP contribution in [-0.4, -0.2) is 25.8 Å². The van der Waals surface area contributed by atoms with Gasteiger partial charge in [-0.25, -0.2) is 0 Å². The molecular formula is C21H16ClF3N4OS. The highest BCUT2D eigenvalue weighted by atomic mass is 35.5. The quantitative estimate of drug-likeness (QED) is 0.377. The smallest absolute Gasteiger partial charge is 0.324 e. The lowest BCUT2D eigenvalue weighted by molar-refractivity contribution is -0.137. The number of rotatable bonds is 4. The van der Waals surface area contributed by atoms with Crippen LogP contribution < -0.4 is 5.32 Å². The fourth-order valence-electron chi connectivity index (χ4n) is 3.19. The molecule has 5 nitrogen and oxygen atoms in total. The first-order valence-corrected chi connectivity index (χ1v) is 10.5. The fourth-order valence-corrected chi connectivity index (χ4v) is 4.23. The Morgan fingerprint density at radius 3 is 2.65 bits per heavy atom. The van der Waals surface area contributed by atoms with Crippen molar-refractivity contribution in [2.45, 2.75) is 30.4 Å². The number of pyridine rings is 1. The van der Waals surface area contributed by atoms with Gasteiger partial charge in [-0.2, -0.15) is 13.2 Å². The van der Waals surface area contributed by atoms with Crippen molar-refractivity contribution < 1.29 is 18.0 Å². The van der Waals surface area contributed by atoms with E-state index < -0.39 is 22.9 Å². The summed E-state index contributed by atoms with van der Waals surface area (Å²) in [5.41, 5.74) is 1.61. The minimum Gasteiger partial charge on any atom is -0.324 e. The second-order valence-corrected chi connectivity index (χ2v) is 8.68. The number of benzene rings is 2. The Balaban J connectivity index is 1.61. The van der Waals surface area contributed by atoms with Crippen LogP contribution in [0.1, 0.15) is 18.1 Å². The lowest BCUT2D eigenvalue weighted by Gasteiger charge is -2.14. The van der Waals surface area contributed by atoms with Crippen molar-refractivity contribution in [2.24, 2.45) is 0 Å². The first kappa shape index (κ1) is 21.5. The van der Waals surface area contributed by atoms with Crippen molar-refractivity contribution >= 4 is 51.5 Å². The third-order valence-electron chi connectivity index (χ3n) is 4.78. The number of amides is 1. The van der Waals surface area contributed by atoms with Crippen molar-refractivity contribution in [2.75, 3.05) is 5.32 Å². The molecule has 0 aliphatic rings. The predicted octanol–water partition coefficient (Wildman–Crippen LogP) is 5.98. The van der Waals surface area contributed by atoms with Gasteiger partial charge in [0.05, 0.1) is 27.0 Å². The van der Waals surface area contributed by atoms with Crippen LogP contribution >= 0.6 is 23.4 Å². The van der Waals surface area contributed by atoms with E-state index >= 15 is 0 Å². The van der Waals surface area contributed by atoms with E-state index in [1.807, 2.05) is 41.7 Å². The van der Waals surface area contributed by atoms with Crippen molar-refractivity contribution in [3.63, 3.8) is 0 Å². The number of thioether (sulfide) groups is 1. The van der Waals surface area contributed by atoms with Crippen molar-refractivity contribution in [3.8, 4) is 0 Å². The maximum Gasteiger partial charge on any atom is 0.416 e. The van der Waals surface area contributed by atoms with Gasteiger partial charge in [0.15, 0.2) is 10.8 Å². The third-order valence-corrected chi connectivity index (χ3v) is 6.15. The van der Waals surface area contributed by atoms with Crippen LogP contribution in [0.5, 0.6) is 0 Å². The molecular weight excluding hydrogens is 449 g/mol. The van der Waals surface area contributed by atoms with Crippen molar-refractivity contribution in [1.29, 1.82) is 0 Å². The minimum atomic E-state index is -4.54. The molecule has 2 aromatic carbocycles. The topological polar surface area (TPSA) is 59.3 Å². The number of aromatic nitrogens is 3. The molecule has 1 N–H and O–H groups in total. The molecule has 0 aliphatic carbocycles. The zero-order chi connectivity index (χ0) is 22.3. The van der Waals surface area contributed by atoms with Gasteiger partial charge in [0, 0.05) is 5.39 Å². The van der Waals surface area contributed by atoms with Gasteiger partial charge in [-0.1, -0.05) is 41.6 Å². The van der Waals surface area contributed by atoms with Crippen LogP contribution in [0.25, 0.3) is 16.6 Å². The fraction of sp³-hybridized carbons (Fsp3) is 0.190. The number of carbonyl (C=O) groups excluding carboxylic acids is 1. The van der Waals surface area contributed by atoms with Gasteiger partial charge in [0.1, 0.15) is 0 Å². The lowest BCUT2D eigenvalue weighted by atomic mass is 10.1. The molecule has 0 fully saturated rings. The number of nitrogens with one attached hydrogen (secondary N) is 1. The Morgan fingerprint density at radius 1 is 1.16 bits per heavy atom. The van der Waals surface area contributed by atoms with Crippen LogP contribution in [0.3, 0.4) is 0 Å². The number of fused-ring (bicyclic) bond motifs is 3. The standard InChI is InChI=1S/C21H16ClF3N4OS/c1-11-9-18-27-28-20(29(18)17-6-4-3-5-14(11)17)31-12(2)19(30)26-16-10-13(21(23,24)25)7-8-15(16)22/h3-10,12H,1-2H3,(H,26,30)/t12-/m1/s1. The monoisotopic (exact) mass is 464 g/mol. The number of hydrogen-bond donors (Lipinski definition) is 1. The summed E-state index contributed by atoms with van der Waals surface area (Å²) in [6.07, 6.45) is -4.54. The van der Waals surface area contributed by atoms with E-state index in [0.717, 1.165) is 46.4 Å². The molecule has 160 valence electrons. The molecule has 0 radical (unpaired) electrons. The number of alkyl halides is 3. The molecule has 0 spiro atoms. The number of aryl methyl sites for hydroxylation is 1. The maximum atomic E-state index is 13.0. The zero-order valence-electron chi connectivity index (χ0n) is 16.4. The van der Waals surface area contributed by atoms with Crippen LogP contribution in [0, 0.1) is 6.92 Å². The van der Waals surface area contributed by atoms with Crippen LogP contribution in [0.2, 0.25) is 5.02 Å². The third kappa shape index (κ3) is 4.20. The molecule has 31 heavy (non-hydrogen) atoms. The number of nitrogens with zero attached hydrogens (tertiary/aromatic N) is 3. The summed E-state index contributed by atoms with van der Waals surface area (Å²) in [5.74, 6) is -0.501. The molecule has 0 saturated heterocycles. The largest absolute Gasteiger partial charge is 0.416 e. The Morgan fingerprint density at radius 2 is 1.90 bits per heavy atom. The second-order valence-electron chi connectivity index (χ2n) is 6.96. The zero-order valence-corrected chi connectivity index (χ0v) is 17.9. The lowest BCUT2D eigenvalue weighted by Crippen LogP contribution is -2.23. The summed E-state index contributed by atoms with van der Waals surface area (Å²) in [6, 6.07) is 12.5. The molecule has 0 unspecified atom stereocenters. The molecule has 0 bridgehead atoms. The number of carbonyl (C=O) groups is 1. The van der Waals surface area contributed by atoms with E-state index in [2.05, 4.69) is 15.5 Å². The molecule has 2 aromatic heterocycles. The van der Waals surface area contributed by atoms with Gasteiger partial charge < -0.3 is 5.32 Å². The summed E-state index contributed by atoms with van der Waals surface area (Å²) in [4.78, 5) is 12.7. The van der Waals surface area contributed by atoms with Gasteiger partial charge in [0.25, 0.3) is 0 Å². The highest BCUT2D eigenvalue weighted by Crippen LogP contribution is 2.34. The van der Waals surface area contributed by atoms with E-state index in [4.69, 9.17) is 11.6 Å². The summed E-state index contributed by atoms with van der Waals surface area (Å²) < 4.78 is 40.8. The molecule has 10 heteroatoms. The van der Waals surface area contributed by atoms with E-state index in [1.54, 1.807) is 6.92 Å². The minimum absolute atomic E-state index is 0.0212. The highest BCUT2D eigenvalue weighted by Gasteiger charge is 2.31. The van der Waals surface area contributed by atoms with Crippen molar-refractivity contribution in [1.82, 2.24) is 14.6 Å². The van der Waals surface area contributed by atoms with Crippen LogP contribution in [0.15, 0.2) is 53.7 Å². The summed E-state index contributed by atoms with van der Waals surface area (Å²) in [6.45, 7) is 3.62. The van der Waals surface area contributed by atoms with Gasteiger partial charge in [0.2, 0.25) is 5.91 Å². The number of para-hydroxylation sites is 1. The molecule has 1 amide bonds. The first-order valence-electron chi connectivity index (χ1n) is 9.23. The second kappa shape index (κ2) is 8.05. The average molecular weight is 465 g/mol. The van der Waals surface area contributed by atoms with Gasteiger partial charge in [-0.15, -0.1) is 10.2 Å². The normalized spacial score (nSPS) is 13.0. The van der Waals surface area contributed by atoms with E-state index in [9.17, 15) is 18.0 Å². The van der Waals surface area contributed by atoms with E-state index in [1.165, 1.54) is 0 Å². The number of hydrogen-bond acceptors (Lipinski definition) is 4. The highest BCUT2D eigenvalue weighted by molar-refractivity contribution is 8.00. The number of anilines is 1. The SMILES string of the molecule is Cc1cc2nnc(S[C@H](C)C(=O)Nc3cc(C(F)(F)F)ccc3Cl)n2c2ccccc12. The first-order chi connectivity index (χ1) is 14.6. The molecule has 0 saturated carbocycles. The van der Waals surface area contributed by atoms with Gasteiger partial charge >= 0.3 is 6.18 Å². The Labute approximate surface area is 184 Å². The summed E-state index contributed by atoms with van der Waals surface area (Å²) in [5, 5.41) is 11.8. The molecule has 0 aliphatic heterocycles. The number of halogens is 4. The van der Waals surface area contributed by atoms with E-state index in [-0.39, 0.29) is 10.7 Å². The predicted molar refractivity (Wildman–Crippen MR) is 116 cm³/mol. The van der Waals surface area contributed by atoms with Crippen molar-refractivity contribution in [3.05, 3.63) is 64.7 Å². The average Bonchev–Trinajstić information content (AvgIpc) is 3.11. The molecule has 1 atom stereocenters. The molecule has 4 aromatic rings. The molecule has 4 rings (SSSR count). The van der Waals surface area contributed by atoms with Crippen LogP contribution in [-0.2, 0) is 11.0 Å². The van der Waals surface area contributed by atoms with Crippen LogP contribution in [0.4, 0.5) is 18.9 Å². The van der Waals surface area contributed by atoms with Gasteiger partial charge in [-0.05, 0) is 49.7 Å². The Hall–Kier alpha value is -2.78. The Kier molecular flexibility index (Phi) is 5.57.